The van der Waals surface area contributed by atoms with Crippen molar-refractivity contribution in [2.75, 3.05) is 18.5 Å². The fourth-order valence-corrected chi connectivity index (χ4v) is 4.02. The number of Topliss-reactive ketones (excluding diaryl/α,β-unsaturated/α-hetero) is 1. The SMILES string of the molecule is CC1C=C(C(=O)CC2CN(NC(=O)Nc3ccc(Br)cc3F)CN2)SC1=O. The number of thioether (sulfide) groups is 1. The summed E-state index contributed by atoms with van der Waals surface area (Å²) >= 11 is 4.15. The third kappa shape index (κ3) is 5.16. The molecule has 0 saturated carbocycles. The minimum Gasteiger partial charge on any atom is -0.304 e. The summed E-state index contributed by atoms with van der Waals surface area (Å²) in [5.41, 5.74) is 2.68. The number of nitrogens with one attached hydrogen (secondary N) is 3. The summed E-state index contributed by atoms with van der Waals surface area (Å²) < 4.78 is 14.3. The summed E-state index contributed by atoms with van der Waals surface area (Å²) in [6.07, 6.45) is 1.93. The minimum absolute atomic E-state index is 0.0159. The number of ketones is 1. The van der Waals surface area contributed by atoms with Gasteiger partial charge in [0.25, 0.3) is 0 Å². The molecule has 0 spiro atoms. The van der Waals surface area contributed by atoms with Crippen molar-refractivity contribution in [1.29, 1.82) is 0 Å². The Kier molecular flexibility index (Phi) is 6.30. The predicted octanol–water partition coefficient (Wildman–Crippen LogP) is 2.61. The molecule has 1 aromatic carbocycles. The Balaban J connectivity index is 1.47. The molecule has 27 heavy (non-hydrogen) atoms. The largest absolute Gasteiger partial charge is 0.333 e. The van der Waals surface area contributed by atoms with Gasteiger partial charge in [-0.25, -0.2) is 14.2 Å². The number of hydrazine groups is 1. The molecule has 2 aliphatic rings. The number of hydrogen-bond donors (Lipinski definition) is 3. The van der Waals surface area contributed by atoms with E-state index in [4.69, 9.17) is 0 Å². The zero-order chi connectivity index (χ0) is 19.6. The Morgan fingerprint density at radius 1 is 1.44 bits per heavy atom. The van der Waals surface area contributed by atoms with Gasteiger partial charge in [0.15, 0.2) is 10.9 Å². The van der Waals surface area contributed by atoms with E-state index in [2.05, 4.69) is 32.0 Å². The van der Waals surface area contributed by atoms with Crippen LogP contribution in [-0.4, -0.2) is 41.2 Å². The number of amides is 2. The van der Waals surface area contributed by atoms with E-state index >= 15 is 0 Å². The molecule has 0 bridgehead atoms. The third-order valence-corrected chi connectivity index (χ3v) is 5.79. The fraction of sp³-hybridized carbons (Fsp3) is 0.353. The zero-order valence-electron chi connectivity index (χ0n) is 14.4. The lowest BCUT2D eigenvalue weighted by molar-refractivity contribution is -0.115. The van der Waals surface area contributed by atoms with Crippen LogP contribution in [0.25, 0.3) is 0 Å². The maximum absolute atomic E-state index is 13.8. The van der Waals surface area contributed by atoms with E-state index in [0.29, 0.717) is 22.6 Å². The maximum Gasteiger partial charge on any atom is 0.333 e. The van der Waals surface area contributed by atoms with Gasteiger partial charge in [-0.15, -0.1) is 0 Å². The molecule has 0 aliphatic carbocycles. The Hall–Kier alpha value is -1.75. The first-order chi connectivity index (χ1) is 12.8. The molecular weight excluding hydrogens is 439 g/mol. The average molecular weight is 457 g/mol. The monoisotopic (exact) mass is 456 g/mol. The number of carbonyl (C=O) groups excluding carboxylic acids is 3. The van der Waals surface area contributed by atoms with Crippen molar-refractivity contribution in [3.8, 4) is 0 Å². The Labute approximate surface area is 168 Å². The smallest absolute Gasteiger partial charge is 0.304 e. The molecular formula is C17H18BrFN4O3S. The molecule has 2 amide bonds. The van der Waals surface area contributed by atoms with Crippen molar-refractivity contribution in [2.24, 2.45) is 5.92 Å². The number of allylic oxidation sites excluding steroid dienone is 2. The lowest BCUT2D eigenvalue weighted by atomic mass is 10.1. The Morgan fingerprint density at radius 2 is 2.22 bits per heavy atom. The predicted molar refractivity (Wildman–Crippen MR) is 104 cm³/mol. The van der Waals surface area contributed by atoms with E-state index < -0.39 is 11.8 Å². The van der Waals surface area contributed by atoms with Crippen molar-refractivity contribution in [3.05, 3.63) is 39.5 Å². The summed E-state index contributed by atoms with van der Waals surface area (Å²) in [7, 11) is 0. The van der Waals surface area contributed by atoms with Gasteiger partial charge in [0.05, 0.1) is 17.3 Å². The average Bonchev–Trinajstić information content (AvgIpc) is 3.17. The van der Waals surface area contributed by atoms with Gasteiger partial charge in [-0.2, -0.15) is 0 Å². The molecule has 0 radical (unpaired) electrons. The van der Waals surface area contributed by atoms with Crippen LogP contribution in [0.3, 0.4) is 0 Å². The molecule has 1 aromatic rings. The molecule has 1 saturated heterocycles. The quantitative estimate of drug-likeness (QED) is 0.630. The number of anilines is 1. The van der Waals surface area contributed by atoms with Crippen LogP contribution in [0.2, 0.25) is 0 Å². The van der Waals surface area contributed by atoms with E-state index in [9.17, 15) is 18.8 Å². The van der Waals surface area contributed by atoms with Crippen LogP contribution < -0.4 is 16.1 Å². The molecule has 2 unspecified atom stereocenters. The first kappa shape index (κ1) is 20.0. The van der Waals surface area contributed by atoms with Crippen LogP contribution in [0.1, 0.15) is 13.3 Å². The fourth-order valence-electron chi connectivity index (χ4n) is 2.75. The standard InChI is InChI=1S/C17H18BrFN4O3S/c1-9-4-15(27-16(9)25)14(24)6-11-7-23(8-20-11)22-17(26)21-13-3-2-10(18)5-12(13)19/h2-5,9,11,20H,6-8H2,1H3,(H2,21,22,26). The van der Waals surface area contributed by atoms with Crippen LogP contribution >= 0.6 is 27.7 Å². The normalized spacial score (nSPS) is 22.6. The van der Waals surface area contributed by atoms with Crippen molar-refractivity contribution in [3.63, 3.8) is 0 Å². The van der Waals surface area contributed by atoms with E-state index in [1.807, 2.05) is 0 Å². The molecule has 1 fully saturated rings. The van der Waals surface area contributed by atoms with Crippen LogP contribution in [0.4, 0.5) is 14.9 Å². The summed E-state index contributed by atoms with van der Waals surface area (Å²) in [6, 6.07) is 3.63. The number of rotatable bonds is 5. The lowest BCUT2D eigenvalue weighted by Gasteiger charge is -2.17. The summed E-state index contributed by atoms with van der Waals surface area (Å²) in [4.78, 5) is 36.3. The molecule has 2 aliphatic heterocycles. The molecule has 10 heteroatoms. The van der Waals surface area contributed by atoms with Crippen LogP contribution in [0.15, 0.2) is 33.7 Å². The molecule has 144 valence electrons. The van der Waals surface area contributed by atoms with Gasteiger partial charge in [0, 0.05) is 29.4 Å². The van der Waals surface area contributed by atoms with Gasteiger partial charge in [-0.1, -0.05) is 28.9 Å². The highest BCUT2D eigenvalue weighted by Gasteiger charge is 2.30. The summed E-state index contributed by atoms with van der Waals surface area (Å²) in [5, 5.41) is 7.16. The second kappa shape index (κ2) is 8.51. The van der Waals surface area contributed by atoms with Crippen LogP contribution in [0.5, 0.6) is 0 Å². The van der Waals surface area contributed by atoms with E-state index in [1.54, 1.807) is 24.1 Å². The van der Waals surface area contributed by atoms with Gasteiger partial charge < -0.3 is 5.32 Å². The number of hydrogen-bond acceptors (Lipinski definition) is 6. The maximum atomic E-state index is 13.8. The number of benzene rings is 1. The molecule has 7 nitrogen and oxygen atoms in total. The van der Waals surface area contributed by atoms with Crippen molar-refractivity contribution in [1.82, 2.24) is 15.8 Å². The zero-order valence-corrected chi connectivity index (χ0v) is 16.8. The van der Waals surface area contributed by atoms with E-state index in [-0.39, 0.29) is 35.0 Å². The number of carbonyl (C=O) groups is 3. The minimum atomic E-state index is -0.571. The summed E-state index contributed by atoms with van der Waals surface area (Å²) in [5.74, 6) is -0.863. The Morgan fingerprint density at radius 3 is 2.89 bits per heavy atom. The van der Waals surface area contributed by atoms with Crippen molar-refractivity contribution < 1.29 is 18.8 Å². The highest BCUT2D eigenvalue weighted by atomic mass is 79.9. The first-order valence-corrected chi connectivity index (χ1v) is 9.90. The van der Waals surface area contributed by atoms with Crippen molar-refractivity contribution in [2.45, 2.75) is 19.4 Å². The molecule has 3 N–H and O–H groups in total. The Bertz CT molecular complexity index is 819. The second-order valence-corrected chi connectivity index (χ2v) is 8.30. The third-order valence-electron chi connectivity index (χ3n) is 4.14. The highest BCUT2D eigenvalue weighted by molar-refractivity contribution is 9.10. The molecule has 2 heterocycles. The molecule has 0 aromatic heterocycles. The first-order valence-electron chi connectivity index (χ1n) is 8.29. The molecule has 2 atom stereocenters. The van der Waals surface area contributed by atoms with Gasteiger partial charge in [0.1, 0.15) is 5.82 Å². The van der Waals surface area contributed by atoms with Crippen molar-refractivity contribution >= 4 is 50.3 Å². The van der Waals surface area contributed by atoms with Crippen LogP contribution in [0, 0.1) is 11.7 Å². The van der Waals surface area contributed by atoms with E-state index in [0.717, 1.165) is 11.8 Å². The lowest BCUT2D eigenvalue weighted by Crippen LogP contribution is -2.43. The highest BCUT2D eigenvalue weighted by Crippen LogP contribution is 2.32. The topological polar surface area (TPSA) is 90.5 Å². The molecule has 3 rings (SSSR count). The van der Waals surface area contributed by atoms with E-state index in [1.165, 1.54) is 12.1 Å². The van der Waals surface area contributed by atoms with Gasteiger partial charge in [-0.05, 0) is 30.0 Å². The number of halogens is 2. The second-order valence-electron chi connectivity index (χ2n) is 6.34. The number of urea groups is 1. The van der Waals surface area contributed by atoms with Gasteiger partial charge in [-0.3, -0.25) is 20.3 Å². The van der Waals surface area contributed by atoms with Gasteiger partial charge >= 0.3 is 6.03 Å². The van der Waals surface area contributed by atoms with Gasteiger partial charge in [0.2, 0.25) is 0 Å². The summed E-state index contributed by atoms with van der Waals surface area (Å²) in [6.45, 7) is 2.54. The number of nitrogens with zero attached hydrogens (tertiary/aromatic N) is 1. The van der Waals surface area contributed by atoms with Crippen LogP contribution in [-0.2, 0) is 9.59 Å².